The van der Waals surface area contributed by atoms with Gasteiger partial charge in [0.2, 0.25) is 10.0 Å². The number of hydrogen-bond donors (Lipinski definition) is 1. The number of ether oxygens (including phenoxy) is 1. The van der Waals surface area contributed by atoms with E-state index in [1.54, 1.807) is 0 Å². The average molecular weight is 418 g/mol. The van der Waals surface area contributed by atoms with Gasteiger partial charge < -0.3 is 4.74 Å². The molecule has 28 heavy (non-hydrogen) atoms. The second-order valence-corrected chi connectivity index (χ2v) is 9.77. The van der Waals surface area contributed by atoms with Gasteiger partial charge in [0, 0.05) is 11.6 Å². The number of rotatable bonds is 12. The van der Waals surface area contributed by atoms with Gasteiger partial charge in [-0.25, -0.2) is 21.9 Å². The van der Waals surface area contributed by atoms with Gasteiger partial charge in [-0.3, -0.25) is 0 Å². The van der Waals surface area contributed by atoms with Crippen LogP contribution in [0.15, 0.2) is 41.3 Å². The van der Waals surface area contributed by atoms with E-state index >= 15 is 0 Å². The lowest BCUT2D eigenvalue weighted by Gasteiger charge is -2.26. The molecule has 0 aliphatic carbocycles. The largest absolute Gasteiger partial charge is 0.488 e. The number of sulfonamides is 1. The fraction of sp³-hybridized carbons (Fsp3) is 0.619. The smallest absolute Gasteiger partial charge is 0.272 e. The molecule has 0 bridgehead atoms. The quantitative estimate of drug-likeness (QED) is 0.366. The first-order valence-electron chi connectivity index (χ1n) is 9.64. The number of nitrogens with one attached hydrogen (secondary N) is 1. The van der Waals surface area contributed by atoms with Crippen LogP contribution in [0.25, 0.3) is 0 Å². The normalized spacial score (nSPS) is 14.2. The van der Waals surface area contributed by atoms with Crippen LogP contribution in [0.3, 0.4) is 0 Å². The van der Waals surface area contributed by atoms with E-state index in [1.165, 1.54) is 24.3 Å². The maximum absolute atomic E-state index is 12.7. The topological polar surface area (TPSA) is 55.4 Å². The molecule has 0 amide bonds. The minimum Gasteiger partial charge on any atom is -0.488 e. The van der Waals surface area contributed by atoms with Crippen molar-refractivity contribution in [2.75, 3.05) is 6.61 Å². The van der Waals surface area contributed by atoms with Crippen LogP contribution in [0.5, 0.6) is 5.75 Å². The zero-order valence-corrected chi connectivity index (χ0v) is 18.2. The summed E-state index contributed by atoms with van der Waals surface area (Å²) in [6.45, 7) is 9.44. The van der Waals surface area contributed by atoms with Crippen molar-refractivity contribution in [1.29, 1.82) is 0 Å². The Labute approximate surface area is 168 Å². The van der Waals surface area contributed by atoms with Crippen molar-refractivity contribution < 1.29 is 21.9 Å². The van der Waals surface area contributed by atoms with E-state index in [0.29, 0.717) is 18.3 Å². The Morgan fingerprint density at radius 3 is 2.50 bits per heavy atom. The number of alkyl halides is 2. The lowest BCUT2D eigenvalue weighted by molar-refractivity contribution is 0.0818. The Bertz CT molecular complexity index is 731. The standard InChI is InChI=1S/C21H33F2NO3S/c1-16(2)17(3)10-7-6-8-13-21(4,5)24-28(25,26)19-12-9-11-18(14-19)27-15-20(22)23/h7,9-12,14,16-17,20,24H,6,8,13,15H2,1-5H3/b10-7+. The molecule has 0 radical (unpaired) electrons. The third-order valence-electron chi connectivity index (χ3n) is 4.57. The summed E-state index contributed by atoms with van der Waals surface area (Å²) in [4.78, 5) is -0.00186. The summed E-state index contributed by atoms with van der Waals surface area (Å²) >= 11 is 0. The third kappa shape index (κ3) is 9.15. The van der Waals surface area contributed by atoms with Crippen LogP contribution in [0.4, 0.5) is 8.78 Å². The second-order valence-electron chi connectivity index (χ2n) is 8.09. The Morgan fingerprint density at radius 2 is 1.89 bits per heavy atom. The fourth-order valence-corrected chi connectivity index (χ4v) is 4.04. The first-order valence-corrected chi connectivity index (χ1v) is 11.1. The van der Waals surface area contributed by atoms with Crippen LogP contribution < -0.4 is 9.46 Å². The minimum atomic E-state index is -3.78. The predicted octanol–water partition coefficient (Wildman–Crippen LogP) is 5.41. The van der Waals surface area contributed by atoms with E-state index in [1.807, 2.05) is 13.8 Å². The van der Waals surface area contributed by atoms with E-state index in [2.05, 4.69) is 37.6 Å². The van der Waals surface area contributed by atoms with Gasteiger partial charge in [0.1, 0.15) is 12.4 Å². The predicted molar refractivity (Wildman–Crippen MR) is 109 cm³/mol. The highest BCUT2D eigenvalue weighted by Crippen LogP contribution is 2.22. The summed E-state index contributed by atoms with van der Waals surface area (Å²) in [6, 6.07) is 5.61. The molecular formula is C21H33F2NO3S. The number of benzene rings is 1. The van der Waals surface area contributed by atoms with Gasteiger partial charge in [-0.15, -0.1) is 0 Å². The lowest BCUT2D eigenvalue weighted by Crippen LogP contribution is -2.43. The van der Waals surface area contributed by atoms with Crippen LogP contribution in [-0.4, -0.2) is 27.0 Å². The molecule has 1 atom stereocenters. The van der Waals surface area contributed by atoms with Crippen molar-refractivity contribution in [3.63, 3.8) is 0 Å². The van der Waals surface area contributed by atoms with E-state index in [0.717, 1.165) is 12.8 Å². The summed E-state index contributed by atoms with van der Waals surface area (Å²) in [5.74, 6) is 1.22. The molecule has 0 saturated heterocycles. The molecule has 0 fully saturated rings. The first-order chi connectivity index (χ1) is 12.9. The van der Waals surface area contributed by atoms with Gasteiger partial charge in [0.15, 0.2) is 0 Å². The number of allylic oxidation sites excluding steroid dienone is 2. The van der Waals surface area contributed by atoms with Gasteiger partial charge in [0.25, 0.3) is 6.43 Å². The first kappa shape index (κ1) is 24.6. The van der Waals surface area contributed by atoms with Gasteiger partial charge in [-0.05, 0) is 57.1 Å². The van der Waals surface area contributed by atoms with Crippen molar-refractivity contribution in [2.24, 2.45) is 11.8 Å². The molecule has 1 unspecified atom stereocenters. The molecule has 0 heterocycles. The van der Waals surface area contributed by atoms with E-state index < -0.39 is 28.6 Å². The van der Waals surface area contributed by atoms with Crippen molar-refractivity contribution in [2.45, 2.75) is 70.7 Å². The number of halogens is 2. The molecule has 160 valence electrons. The molecule has 1 N–H and O–H groups in total. The SMILES string of the molecule is CC(C)C(C)/C=C/CCCC(C)(C)NS(=O)(=O)c1cccc(OCC(F)F)c1. The van der Waals surface area contributed by atoms with Gasteiger partial charge in [-0.2, -0.15) is 0 Å². The molecule has 7 heteroatoms. The maximum atomic E-state index is 12.7. The number of unbranched alkanes of at least 4 members (excludes halogenated alkanes) is 1. The molecule has 0 saturated carbocycles. The van der Waals surface area contributed by atoms with Crippen LogP contribution in [0.1, 0.15) is 53.9 Å². The number of hydrogen-bond acceptors (Lipinski definition) is 3. The van der Waals surface area contributed by atoms with Crippen molar-refractivity contribution in [1.82, 2.24) is 4.72 Å². The average Bonchev–Trinajstić information content (AvgIpc) is 2.58. The third-order valence-corrected chi connectivity index (χ3v) is 6.26. The highest BCUT2D eigenvalue weighted by atomic mass is 32.2. The molecule has 0 spiro atoms. The molecule has 1 aromatic rings. The minimum absolute atomic E-state index is 0.00186. The zero-order chi connectivity index (χ0) is 21.4. The molecule has 1 rings (SSSR count). The van der Waals surface area contributed by atoms with Crippen molar-refractivity contribution >= 4 is 10.0 Å². The van der Waals surface area contributed by atoms with Crippen LogP contribution in [0, 0.1) is 11.8 Å². The van der Waals surface area contributed by atoms with Crippen LogP contribution in [-0.2, 0) is 10.0 Å². The molecule has 0 aliphatic heterocycles. The van der Waals surface area contributed by atoms with Crippen molar-refractivity contribution in [3.8, 4) is 5.75 Å². The zero-order valence-electron chi connectivity index (χ0n) is 17.4. The highest BCUT2D eigenvalue weighted by Gasteiger charge is 2.26. The van der Waals surface area contributed by atoms with Crippen LogP contribution >= 0.6 is 0 Å². The molecule has 1 aromatic carbocycles. The van der Waals surface area contributed by atoms with E-state index in [-0.39, 0.29) is 10.6 Å². The Kier molecular flexibility index (Phi) is 9.57. The Morgan fingerprint density at radius 1 is 1.21 bits per heavy atom. The summed E-state index contributed by atoms with van der Waals surface area (Å²) in [6.07, 6.45) is 4.16. The van der Waals surface area contributed by atoms with Gasteiger partial charge >= 0.3 is 0 Å². The Hall–Kier alpha value is -1.47. The molecule has 4 nitrogen and oxygen atoms in total. The Balaban J connectivity index is 2.65. The van der Waals surface area contributed by atoms with E-state index in [9.17, 15) is 17.2 Å². The lowest BCUT2D eigenvalue weighted by atomic mass is 9.96. The summed E-state index contributed by atoms with van der Waals surface area (Å²) in [5.41, 5.74) is -0.629. The summed E-state index contributed by atoms with van der Waals surface area (Å²) < 4.78 is 57.5. The van der Waals surface area contributed by atoms with Gasteiger partial charge in [-0.1, -0.05) is 39.0 Å². The highest BCUT2D eigenvalue weighted by molar-refractivity contribution is 7.89. The van der Waals surface area contributed by atoms with Crippen LogP contribution in [0.2, 0.25) is 0 Å². The maximum Gasteiger partial charge on any atom is 0.272 e. The summed E-state index contributed by atoms with van der Waals surface area (Å²) in [5, 5.41) is 0. The van der Waals surface area contributed by atoms with Crippen molar-refractivity contribution in [3.05, 3.63) is 36.4 Å². The second kappa shape index (κ2) is 10.9. The molecular weight excluding hydrogens is 384 g/mol. The fourth-order valence-electron chi connectivity index (χ4n) is 2.56. The molecule has 0 aromatic heterocycles. The monoisotopic (exact) mass is 417 g/mol. The summed E-state index contributed by atoms with van der Waals surface area (Å²) in [7, 11) is -3.78. The van der Waals surface area contributed by atoms with E-state index in [4.69, 9.17) is 4.74 Å². The molecule has 0 aliphatic rings. The van der Waals surface area contributed by atoms with Gasteiger partial charge in [0.05, 0.1) is 4.90 Å².